The van der Waals surface area contributed by atoms with Crippen LogP contribution in [0.2, 0.25) is 0 Å². The molecule has 0 amide bonds. The topological polar surface area (TPSA) is 118 Å². The average Bonchev–Trinajstić information content (AvgIpc) is 3.38. The third-order valence-electron chi connectivity index (χ3n) is 9.04. The highest BCUT2D eigenvalue weighted by atomic mass is 19.3. The Hall–Kier alpha value is -4.95. The Kier molecular flexibility index (Phi) is 7.79. The van der Waals surface area contributed by atoms with Crippen LogP contribution < -0.4 is 10.1 Å². The van der Waals surface area contributed by atoms with Crippen LogP contribution in [0.3, 0.4) is 0 Å². The van der Waals surface area contributed by atoms with E-state index in [4.69, 9.17) is 19.3 Å². The lowest BCUT2D eigenvalue weighted by atomic mass is 9.91. The Bertz CT molecular complexity index is 2130. The lowest BCUT2D eigenvalue weighted by Gasteiger charge is -2.26. The highest BCUT2D eigenvalue weighted by Gasteiger charge is 2.36. The first kappa shape index (κ1) is 31.3. The van der Waals surface area contributed by atoms with E-state index in [1.54, 1.807) is 24.0 Å². The van der Waals surface area contributed by atoms with Crippen LogP contribution in [-0.4, -0.2) is 58.0 Å². The fourth-order valence-electron chi connectivity index (χ4n) is 6.36. The molecule has 6 heterocycles. The lowest BCUT2D eigenvalue weighted by molar-refractivity contribution is 0.0143. The number of benzene rings is 1. The van der Waals surface area contributed by atoms with E-state index < -0.39 is 6.43 Å². The lowest BCUT2D eigenvalue weighted by Crippen LogP contribution is -2.30. The molecule has 8 rings (SSSR count). The molecular weight excluding hydrogens is 632 g/mol. The number of ether oxygens (including phenoxy) is 3. The predicted octanol–water partition coefficient (Wildman–Crippen LogP) is 7.01. The number of halogens is 2. The van der Waals surface area contributed by atoms with E-state index in [1.807, 2.05) is 45.5 Å². The van der Waals surface area contributed by atoms with Crippen molar-refractivity contribution in [1.29, 1.82) is 0 Å². The van der Waals surface area contributed by atoms with E-state index in [0.717, 1.165) is 29.9 Å². The van der Waals surface area contributed by atoms with E-state index in [9.17, 15) is 8.78 Å². The third kappa shape index (κ3) is 5.99. The highest BCUT2D eigenvalue weighted by Crippen LogP contribution is 2.41. The number of nitrogens with zero attached hydrogens (tertiary/aromatic N) is 8. The van der Waals surface area contributed by atoms with Gasteiger partial charge in [0.05, 0.1) is 50.2 Å². The largest absolute Gasteiger partial charge is 0.452 e. The fraction of sp³-hybridized carbons (Fsp3) is 0.400. The standard InChI is InChI=1S/C35H37F2N9O3/c1-35(2,3)26-12-27(43-46(26)23-18-47-19-25(23)48-17-20-8-6-5-7-9-20)41-34-42-32-30(44(34)4)29(31(36)37)24(14-39-32)49-22-13-38-28-15-40-33(21-10-11-21)45(28)16-22/h5-9,12-16,21,23,25,31H,10-11,17-19H2,1-4H3,(H,39,41,42,43)/t23-,25-/m0/s1. The van der Waals surface area contributed by atoms with Gasteiger partial charge >= 0.3 is 0 Å². The number of anilines is 2. The number of aryl methyl sites for hydroxylation is 1. The predicted molar refractivity (Wildman–Crippen MR) is 178 cm³/mol. The van der Waals surface area contributed by atoms with Crippen molar-refractivity contribution in [2.75, 3.05) is 18.5 Å². The zero-order chi connectivity index (χ0) is 33.9. The van der Waals surface area contributed by atoms with Crippen LogP contribution in [0.5, 0.6) is 11.5 Å². The molecule has 1 N–H and O–H groups in total. The molecule has 6 aromatic rings. The van der Waals surface area contributed by atoms with Crippen LogP contribution in [0, 0.1) is 0 Å². The normalized spacial score (nSPS) is 18.3. The van der Waals surface area contributed by atoms with Gasteiger partial charge < -0.3 is 24.1 Å². The zero-order valence-electron chi connectivity index (χ0n) is 27.7. The van der Waals surface area contributed by atoms with Gasteiger partial charge in [0.2, 0.25) is 5.95 Å². The molecule has 49 heavy (non-hydrogen) atoms. The molecular formula is C35H37F2N9O3. The molecule has 0 bridgehead atoms. The first-order valence-corrected chi connectivity index (χ1v) is 16.4. The first-order valence-electron chi connectivity index (χ1n) is 16.4. The van der Waals surface area contributed by atoms with Gasteiger partial charge in [-0.15, -0.1) is 0 Å². The second-order valence-corrected chi connectivity index (χ2v) is 13.7. The molecule has 0 spiro atoms. The van der Waals surface area contributed by atoms with Crippen molar-refractivity contribution < 1.29 is 23.0 Å². The van der Waals surface area contributed by atoms with Crippen molar-refractivity contribution in [2.24, 2.45) is 7.05 Å². The number of imidazole rings is 2. The van der Waals surface area contributed by atoms with Gasteiger partial charge in [-0.05, 0) is 18.4 Å². The molecule has 1 saturated heterocycles. The number of fused-ring (bicyclic) bond motifs is 2. The molecule has 0 radical (unpaired) electrons. The summed E-state index contributed by atoms with van der Waals surface area (Å²) < 4.78 is 53.1. The Morgan fingerprint density at radius 1 is 1.04 bits per heavy atom. The summed E-state index contributed by atoms with van der Waals surface area (Å²) in [5, 5.41) is 8.19. The summed E-state index contributed by atoms with van der Waals surface area (Å²) in [6.45, 7) is 7.71. The molecule has 254 valence electrons. The molecule has 2 fully saturated rings. The Balaban J connectivity index is 1.09. The highest BCUT2D eigenvalue weighted by molar-refractivity contribution is 5.81. The second-order valence-electron chi connectivity index (χ2n) is 13.7. The molecule has 14 heteroatoms. The van der Waals surface area contributed by atoms with Crippen molar-refractivity contribution in [3.8, 4) is 11.5 Å². The van der Waals surface area contributed by atoms with Crippen LogP contribution in [0.1, 0.15) is 74.6 Å². The fourth-order valence-corrected chi connectivity index (χ4v) is 6.36. The molecule has 5 aromatic heterocycles. The molecule has 12 nitrogen and oxygen atoms in total. The maximum Gasteiger partial charge on any atom is 0.269 e. The van der Waals surface area contributed by atoms with Gasteiger partial charge in [-0.1, -0.05) is 51.1 Å². The summed E-state index contributed by atoms with van der Waals surface area (Å²) in [6.07, 6.45) is 5.27. The first-order chi connectivity index (χ1) is 23.6. The number of pyridine rings is 1. The maximum atomic E-state index is 14.8. The summed E-state index contributed by atoms with van der Waals surface area (Å²) in [4.78, 5) is 17.9. The summed E-state index contributed by atoms with van der Waals surface area (Å²) in [6, 6.07) is 11.8. The minimum Gasteiger partial charge on any atom is -0.452 e. The minimum atomic E-state index is -2.86. The molecule has 1 aromatic carbocycles. The maximum absolute atomic E-state index is 14.8. The van der Waals surface area contributed by atoms with Crippen LogP contribution in [0.25, 0.3) is 16.8 Å². The van der Waals surface area contributed by atoms with Crippen LogP contribution >= 0.6 is 0 Å². The number of aromatic nitrogens is 8. The zero-order valence-corrected chi connectivity index (χ0v) is 27.7. The number of alkyl halides is 2. The Morgan fingerprint density at radius 2 is 1.86 bits per heavy atom. The monoisotopic (exact) mass is 669 g/mol. The molecule has 1 aliphatic heterocycles. The Labute approximate surface area is 281 Å². The van der Waals surface area contributed by atoms with Crippen molar-refractivity contribution in [3.05, 3.63) is 83.8 Å². The molecule has 1 aliphatic carbocycles. The van der Waals surface area contributed by atoms with E-state index >= 15 is 0 Å². The van der Waals surface area contributed by atoms with Crippen molar-refractivity contribution in [2.45, 2.75) is 70.1 Å². The quantitative estimate of drug-likeness (QED) is 0.164. The van der Waals surface area contributed by atoms with Gasteiger partial charge in [0.15, 0.2) is 28.6 Å². The SMILES string of the molecule is Cn1c(Nc2cc(C(C)(C)C)n([C@H]3COC[C@@H]3OCc3ccccc3)n2)nc2ncc(Oc3cnc4cnc(C5CC5)n4c3)c(C(F)F)c21. The van der Waals surface area contributed by atoms with E-state index in [2.05, 4.69) is 46.0 Å². The summed E-state index contributed by atoms with van der Waals surface area (Å²) >= 11 is 0. The van der Waals surface area contributed by atoms with Crippen LogP contribution in [0.4, 0.5) is 20.5 Å². The summed E-state index contributed by atoms with van der Waals surface area (Å²) in [5.41, 5.74) is 2.44. The second kappa shape index (κ2) is 12.2. The van der Waals surface area contributed by atoms with Crippen LogP contribution in [-0.2, 0) is 28.5 Å². The van der Waals surface area contributed by atoms with Gasteiger partial charge in [-0.25, -0.2) is 23.7 Å². The number of hydrogen-bond donors (Lipinski definition) is 1. The minimum absolute atomic E-state index is 0.0756. The van der Waals surface area contributed by atoms with E-state index in [0.29, 0.717) is 48.9 Å². The number of nitrogens with one attached hydrogen (secondary N) is 1. The molecule has 2 aliphatic rings. The summed E-state index contributed by atoms with van der Waals surface area (Å²) in [5.74, 6) is 2.32. The van der Waals surface area contributed by atoms with E-state index in [-0.39, 0.29) is 40.0 Å². The average molecular weight is 670 g/mol. The van der Waals surface area contributed by atoms with Crippen molar-refractivity contribution in [1.82, 2.24) is 38.7 Å². The van der Waals surface area contributed by atoms with Gasteiger partial charge in [-0.3, -0.25) is 9.08 Å². The van der Waals surface area contributed by atoms with Crippen LogP contribution in [0.15, 0.2) is 61.2 Å². The Morgan fingerprint density at radius 3 is 2.61 bits per heavy atom. The molecule has 0 unspecified atom stereocenters. The van der Waals surface area contributed by atoms with Gasteiger partial charge in [0.25, 0.3) is 6.43 Å². The molecule has 2 atom stereocenters. The molecule has 1 saturated carbocycles. The van der Waals surface area contributed by atoms with Gasteiger partial charge in [-0.2, -0.15) is 10.1 Å². The third-order valence-corrected chi connectivity index (χ3v) is 9.04. The van der Waals surface area contributed by atoms with Gasteiger partial charge in [0.1, 0.15) is 23.5 Å². The van der Waals surface area contributed by atoms with E-state index in [1.165, 1.54) is 12.4 Å². The summed E-state index contributed by atoms with van der Waals surface area (Å²) in [7, 11) is 1.66. The number of rotatable bonds is 10. The van der Waals surface area contributed by atoms with Crippen molar-refractivity contribution >= 4 is 28.6 Å². The number of hydrogen-bond acceptors (Lipinski definition) is 9. The van der Waals surface area contributed by atoms with Crippen molar-refractivity contribution in [3.63, 3.8) is 0 Å². The van der Waals surface area contributed by atoms with Gasteiger partial charge in [0, 0.05) is 30.1 Å². The smallest absolute Gasteiger partial charge is 0.269 e.